The third-order valence-corrected chi connectivity index (χ3v) is 5.69. The molecule has 0 fully saturated rings. The third-order valence-electron chi connectivity index (χ3n) is 5.69. The van der Waals surface area contributed by atoms with Crippen molar-refractivity contribution >= 4 is 34.8 Å². The smallest absolute Gasteiger partial charge is 0.328 e. The van der Waals surface area contributed by atoms with Gasteiger partial charge in [0.15, 0.2) is 11.5 Å². The maximum Gasteiger partial charge on any atom is 0.328 e. The first-order chi connectivity index (χ1) is 16.3. The summed E-state index contributed by atoms with van der Waals surface area (Å²) < 4.78 is 10.7. The monoisotopic (exact) mass is 473 g/mol. The minimum absolute atomic E-state index is 0.163. The van der Waals surface area contributed by atoms with E-state index in [0.717, 1.165) is 0 Å². The van der Waals surface area contributed by atoms with Crippen LogP contribution in [0.5, 0.6) is 0 Å². The molecule has 0 unspecified atom stereocenters. The zero-order chi connectivity index (χ0) is 24.7. The average molecular weight is 474 g/mol. The fraction of sp³-hybridized carbons (Fsp3) is 0.522. The van der Waals surface area contributed by atoms with Gasteiger partial charge in [-0.3, -0.25) is 14.4 Å². The molecule has 0 radical (unpaired) electrons. The van der Waals surface area contributed by atoms with E-state index in [1.165, 1.54) is 14.0 Å². The normalized spacial score (nSPS) is 21.4. The van der Waals surface area contributed by atoms with E-state index >= 15 is 0 Å². The Balaban J connectivity index is 2.00. The predicted octanol–water partition coefficient (Wildman–Crippen LogP) is 0.0928. The molecule has 1 aliphatic heterocycles. The third kappa shape index (κ3) is 6.31. The number of aryl methyl sites for hydroxylation is 1. The lowest BCUT2D eigenvalue weighted by atomic mass is 10.0. The first kappa shape index (κ1) is 25.2. The summed E-state index contributed by atoms with van der Waals surface area (Å²) in [6, 6.07) is 2.55. The fourth-order valence-electron chi connectivity index (χ4n) is 3.96. The van der Waals surface area contributed by atoms with Crippen LogP contribution in [-0.2, 0) is 36.8 Å². The van der Waals surface area contributed by atoms with Gasteiger partial charge in [0.25, 0.3) is 0 Å². The van der Waals surface area contributed by atoms with E-state index in [-0.39, 0.29) is 25.2 Å². The Bertz CT molecular complexity index is 1050. The van der Waals surface area contributed by atoms with Crippen LogP contribution in [0, 0.1) is 0 Å². The summed E-state index contributed by atoms with van der Waals surface area (Å²) in [5.41, 5.74) is 7.40. The summed E-state index contributed by atoms with van der Waals surface area (Å²) >= 11 is 0. The highest BCUT2D eigenvalue weighted by Gasteiger charge is 2.31. The molecule has 1 aromatic carbocycles. The number of nitrogens with one attached hydrogen (secondary N) is 3. The van der Waals surface area contributed by atoms with Crippen molar-refractivity contribution in [1.82, 2.24) is 20.9 Å². The van der Waals surface area contributed by atoms with Crippen molar-refractivity contribution in [3.05, 3.63) is 29.7 Å². The maximum absolute atomic E-state index is 13.2. The molecule has 0 aliphatic carbocycles. The van der Waals surface area contributed by atoms with Crippen LogP contribution >= 0.6 is 0 Å². The van der Waals surface area contributed by atoms with E-state index < -0.39 is 35.9 Å². The number of nitrogens with zero attached hydrogens (tertiary/aromatic N) is 1. The molecule has 3 rings (SSSR count). The zero-order valence-corrected chi connectivity index (χ0v) is 19.4. The van der Waals surface area contributed by atoms with Gasteiger partial charge in [-0.1, -0.05) is 12.1 Å². The lowest BCUT2D eigenvalue weighted by Gasteiger charge is -2.25. The van der Waals surface area contributed by atoms with Crippen LogP contribution in [0.3, 0.4) is 0 Å². The van der Waals surface area contributed by atoms with Gasteiger partial charge < -0.3 is 30.8 Å². The largest absolute Gasteiger partial charge is 0.467 e. The molecule has 11 nitrogen and oxygen atoms in total. The molecule has 34 heavy (non-hydrogen) atoms. The Morgan fingerprint density at radius 2 is 2.03 bits per heavy atom. The van der Waals surface area contributed by atoms with Gasteiger partial charge >= 0.3 is 5.97 Å². The maximum atomic E-state index is 13.2. The van der Waals surface area contributed by atoms with Gasteiger partial charge in [0.05, 0.1) is 7.11 Å². The number of esters is 1. The number of benzene rings is 1. The van der Waals surface area contributed by atoms with Gasteiger partial charge in [-0.05, 0) is 43.9 Å². The molecule has 1 aliphatic rings. The molecular formula is C23H31N5O6. The second-order valence-corrected chi connectivity index (χ2v) is 8.30. The molecule has 2 heterocycles. The number of rotatable bonds is 6. The number of fused-ring (bicyclic) bond motifs is 1. The number of carbonyl (C=O) groups excluding carboxylic acids is 4. The van der Waals surface area contributed by atoms with Crippen LogP contribution in [0.2, 0.25) is 0 Å². The molecule has 3 atom stereocenters. The van der Waals surface area contributed by atoms with Gasteiger partial charge in [-0.2, -0.15) is 0 Å². The van der Waals surface area contributed by atoms with Crippen LogP contribution in [0.25, 0.3) is 11.1 Å². The summed E-state index contributed by atoms with van der Waals surface area (Å²) in [6.45, 7) is 1.77. The number of amides is 3. The van der Waals surface area contributed by atoms with E-state index in [4.69, 9.17) is 14.9 Å². The van der Waals surface area contributed by atoms with Crippen molar-refractivity contribution in [3.63, 3.8) is 0 Å². The van der Waals surface area contributed by atoms with Crippen molar-refractivity contribution in [1.29, 1.82) is 0 Å². The van der Waals surface area contributed by atoms with E-state index in [0.29, 0.717) is 48.4 Å². The SMILES string of the molecule is COC(=O)[C@@H]1CCc2nc3c(cccc3o2)C[C@H](NC(C)=O)C(=O)N[C@@H](CCCCN)C(=O)N1. The zero-order valence-electron chi connectivity index (χ0n) is 19.4. The number of hydrogen-bond acceptors (Lipinski definition) is 8. The standard InChI is InChI=1S/C23H31N5O6/c1-13(29)25-17-12-14-6-5-8-18-20(14)28-19(34-18)10-9-16(23(32)33-2)27-21(30)15(26-22(17)31)7-3-4-11-24/h5-6,8,15-17H,3-4,7,9-12,24H2,1-2H3,(H,25,29)(H,26,31)(H,27,30)/t15-,16-,17-/m0/s1. The number of nitrogens with two attached hydrogens (primary N) is 1. The summed E-state index contributed by atoms with van der Waals surface area (Å²) in [6.07, 6.45) is 2.25. The number of oxazole rings is 1. The predicted molar refractivity (Wildman–Crippen MR) is 122 cm³/mol. The number of para-hydroxylation sites is 1. The summed E-state index contributed by atoms with van der Waals surface area (Å²) in [4.78, 5) is 55.0. The number of carbonyl (C=O) groups is 4. The number of ether oxygens (including phenoxy) is 1. The van der Waals surface area contributed by atoms with Crippen molar-refractivity contribution < 1.29 is 28.3 Å². The molecule has 2 bridgehead atoms. The minimum atomic E-state index is -0.949. The van der Waals surface area contributed by atoms with Gasteiger partial charge in [0, 0.05) is 19.8 Å². The second-order valence-electron chi connectivity index (χ2n) is 8.30. The van der Waals surface area contributed by atoms with Crippen LogP contribution < -0.4 is 21.7 Å². The Labute approximate surface area is 197 Å². The Morgan fingerprint density at radius 3 is 2.74 bits per heavy atom. The average Bonchev–Trinajstić information content (AvgIpc) is 3.23. The second kappa shape index (κ2) is 11.6. The fourth-order valence-corrected chi connectivity index (χ4v) is 3.96. The van der Waals surface area contributed by atoms with Gasteiger partial charge in [0.2, 0.25) is 17.7 Å². The molecule has 0 saturated heterocycles. The molecule has 184 valence electrons. The molecule has 0 saturated carbocycles. The summed E-state index contributed by atoms with van der Waals surface area (Å²) in [7, 11) is 1.24. The first-order valence-corrected chi connectivity index (χ1v) is 11.4. The van der Waals surface area contributed by atoms with E-state index in [1.54, 1.807) is 12.1 Å². The van der Waals surface area contributed by atoms with Crippen molar-refractivity contribution in [2.45, 2.75) is 63.6 Å². The number of aromatic nitrogens is 1. The molecule has 11 heteroatoms. The highest BCUT2D eigenvalue weighted by molar-refractivity contribution is 5.93. The van der Waals surface area contributed by atoms with Gasteiger partial charge in [-0.15, -0.1) is 0 Å². The van der Waals surface area contributed by atoms with Crippen LogP contribution in [0.15, 0.2) is 22.6 Å². The van der Waals surface area contributed by atoms with Crippen LogP contribution in [0.1, 0.15) is 44.1 Å². The highest BCUT2D eigenvalue weighted by Crippen LogP contribution is 2.22. The molecule has 3 amide bonds. The lowest BCUT2D eigenvalue weighted by Crippen LogP contribution is -2.56. The number of unbranched alkanes of at least 4 members (excludes halogenated alkanes) is 1. The topological polar surface area (TPSA) is 166 Å². The minimum Gasteiger partial charge on any atom is -0.467 e. The Kier molecular flexibility index (Phi) is 8.58. The van der Waals surface area contributed by atoms with E-state index in [9.17, 15) is 19.2 Å². The summed E-state index contributed by atoms with van der Waals surface area (Å²) in [5.74, 6) is -1.64. The quantitative estimate of drug-likeness (QED) is 0.338. The Morgan fingerprint density at radius 1 is 1.24 bits per heavy atom. The summed E-state index contributed by atoms with van der Waals surface area (Å²) in [5, 5.41) is 8.08. The molecule has 0 spiro atoms. The highest BCUT2D eigenvalue weighted by atomic mass is 16.5. The van der Waals surface area contributed by atoms with Crippen molar-refractivity contribution in [2.75, 3.05) is 13.7 Å². The molecular weight excluding hydrogens is 442 g/mol. The number of methoxy groups -OCH3 is 1. The Hall–Kier alpha value is -3.47. The van der Waals surface area contributed by atoms with Crippen LogP contribution in [-0.4, -0.2) is 60.5 Å². The first-order valence-electron chi connectivity index (χ1n) is 11.4. The number of hydrogen-bond donors (Lipinski definition) is 4. The van der Waals surface area contributed by atoms with Crippen molar-refractivity contribution in [3.8, 4) is 0 Å². The van der Waals surface area contributed by atoms with Crippen LogP contribution in [0.4, 0.5) is 0 Å². The molecule has 1 aromatic heterocycles. The van der Waals surface area contributed by atoms with Crippen molar-refractivity contribution in [2.24, 2.45) is 5.73 Å². The lowest BCUT2D eigenvalue weighted by molar-refractivity contribution is -0.145. The van der Waals surface area contributed by atoms with E-state index in [2.05, 4.69) is 20.9 Å². The van der Waals surface area contributed by atoms with Gasteiger partial charge in [-0.25, -0.2) is 9.78 Å². The molecule has 2 aromatic rings. The molecule has 5 N–H and O–H groups in total. The van der Waals surface area contributed by atoms with Gasteiger partial charge in [0.1, 0.15) is 23.6 Å². The van der Waals surface area contributed by atoms with E-state index in [1.807, 2.05) is 6.07 Å².